The Balaban J connectivity index is 1.98. The molecule has 0 saturated heterocycles. The van der Waals surface area contributed by atoms with Crippen LogP contribution in [0.2, 0.25) is 0 Å². The molecule has 6 heteroatoms. The van der Waals surface area contributed by atoms with Crippen LogP contribution in [-0.4, -0.2) is 19.0 Å². The van der Waals surface area contributed by atoms with Gasteiger partial charge in [0.15, 0.2) is 0 Å². The normalized spacial score (nSPS) is 12.3. The maximum atomic E-state index is 12.3. The van der Waals surface area contributed by atoms with Crippen molar-refractivity contribution in [3.05, 3.63) is 47.5 Å². The monoisotopic (exact) mass is 297 g/mol. The third-order valence-electron chi connectivity index (χ3n) is 3.47. The summed E-state index contributed by atoms with van der Waals surface area (Å²) in [5, 5.41) is 6.02. The molecule has 1 amide bonds. The van der Waals surface area contributed by atoms with Crippen molar-refractivity contribution in [3.8, 4) is 0 Å². The van der Waals surface area contributed by atoms with Crippen LogP contribution in [0, 0.1) is 0 Å². The molecule has 112 valence electrons. The molecule has 0 saturated carbocycles. The molecule has 2 aromatic rings. The van der Waals surface area contributed by atoms with Crippen LogP contribution in [0.5, 0.6) is 0 Å². The van der Waals surface area contributed by atoms with Crippen LogP contribution in [0.4, 0.5) is 22.7 Å². The lowest BCUT2D eigenvalue weighted by molar-refractivity contribution is -0.139. The van der Waals surface area contributed by atoms with Crippen molar-refractivity contribution in [2.75, 3.05) is 23.5 Å². The number of hydrogen-bond acceptors (Lipinski definition) is 5. The fraction of sp³-hybridized carbons (Fsp3) is 0.125. The van der Waals surface area contributed by atoms with E-state index in [0.29, 0.717) is 22.6 Å². The Bertz CT molecular complexity index is 771. The van der Waals surface area contributed by atoms with Gasteiger partial charge in [0.25, 0.3) is 5.91 Å². The summed E-state index contributed by atoms with van der Waals surface area (Å²) in [6, 6.07) is 10.4. The van der Waals surface area contributed by atoms with Crippen LogP contribution in [0.25, 0.3) is 0 Å². The van der Waals surface area contributed by atoms with Crippen molar-refractivity contribution in [1.82, 2.24) is 0 Å². The van der Waals surface area contributed by atoms with Gasteiger partial charge in [-0.25, -0.2) is 0 Å². The summed E-state index contributed by atoms with van der Waals surface area (Å²) in [6.45, 7) is 0. The second-order valence-corrected chi connectivity index (χ2v) is 5.02. The first-order valence-corrected chi connectivity index (χ1v) is 6.74. The molecule has 0 aliphatic carbocycles. The van der Waals surface area contributed by atoms with E-state index in [-0.39, 0.29) is 18.3 Å². The molecular weight excluding hydrogens is 282 g/mol. The molecule has 22 heavy (non-hydrogen) atoms. The molecular formula is C16H15N3O3. The number of esters is 1. The van der Waals surface area contributed by atoms with Crippen LogP contribution in [0.3, 0.4) is 0 Å². The lowest BCUT2D eigenvalue weighted by Gasteiger charge is -2.10. The Morgan fingerprint density at radius 2 is 1.91 bits per heavy atom. The van der Waals surface area contributed by atoms with E-state index in [1.54, 1.807) is 24.3 Å². The summed E-state index contributed by atoms with van der Waals surface area (Å²) in [6.07, 6.45) is 0.152. The van der Waals surface area contributed by atoms with Crippen molar-refractivity contribution >= 4 is 34.6 Å². The van der Waals surface area contributed by atoms with Gasteiger partial charge >= 0.3 is 5.97 Å². The third-order valence-corrected chi connectivity index (χ3v) is 3.47. The van der Waals surface area contributed by atoms with Crippen LogP contribution in [-0.2, 0) is 16.0 Å². The van der Waals surface area contributed by atoms with E-state index in [9.17, 15) is 9.59 Å². The van der Waals surface area contributed by atoms with E-state index in [1.807, 2.05) is 12.1 Å². The fourth-order valence-corrected chi connectivity index (χ4v) is 2.35. The third kappa shape index (κ3) is 2.58. The lowest BCUT2D eigenvalue weighted by Crippen LogP contribution is -2.11. The molecule has 1 aliphatic heterocycles. The second-order valence-electron chi connectivity index (χ2n) is 5.02. The molecule has 3 rings (SSSR count). The zero-order chi connectivity index (χ0) is 15.7. The predicted molar refractivity (Wildman–Crippen MR) is 84.3 cm³/mol. The highest BCUT2D eigenvalue weighted by Gasteiger charge is 2.19. The Morgan fingerprint density at radius 1 is 1.09 bits per heavy atom. The average Bonchev–Trinajstić information content (AvgIpc) is 2.62. The Hall–Kier alpha value is -3.02. The molecule has 0 spiro atoms. The van der Waals surface area contributed by atoms with Crippen LogP contribution < -0.4 is 16.4 Å². The number of benzene rings is 2. The SMILES string of the molecule is COC(=O)Cc1ccc2c(c1)NC(=O)c1ccc(N)cc1N2. The van der Waals surface area contributed by atoms with Crippen molar-refractivity contribution in [1.29, 1.82) is 0 Å². The highest BCUT2D eigenvalue weighted by molar-refractivity contribution is 6.12. The number of nitrogens with two attached hydrogens (primary N) is 1. The minimum atomic E-state index is -0.330. The van der Waals surface area contributed by atoms with E-state index >= 15 is 0 Å². The number of amides is 1. The van der Waals surface area contributed by atoms with Gasteiger partial charge in [0.1, 0.15) is 0 Å². The zero-order valence-corrected chi connectivity index (χ0v) is 12.0. The molecule has 0 unspecified atom stereocenters. The summed E-state index contributed by atoms with van der Waals surface area (Å²) in [5.41, 5.74) is 9.62. The molecule has 6 nitrogen and oxygen atoms in total. The number of nitrogen functional groups attached to an aromatic ring is 1. The number of ether oxygens (including phenoxy) is 1. The molecule has 1 aliphatic rings. The number of fused-ring (bicyclic) bond motifs is 2. The summed E-state index contributed by atoms with van der Waals surface area (Å²) in [7, 11) is 1.34. The van der Waals surface area contributed by atoms with Gasteiger partial charge in [-0.3, -0.25) is 9.59 Å². The maximum Gasteiger partial charge on any atom is 0.309 e. The van der Waals surface area contributed by atoms with Gasteiger partial charge < -0.3 is 21.1 Å². The molecule has 4 N–H and O–H groups in total. The van der Waals surface area contributed by atoms with Gasteiger partial charge in [0.05, 0.1) is 36.2 Å². The van der Waals surface area contributed by atoms with Gasteiger partial charge in [-0.05, 0) is 35.9 Å². The van der Waals surface area contributed by atoms with Gasteiger partial charge in [0.2, 0.25) is 0 Å². The number of hydrogen-bond donors (Lipinski definition) is 3. The van der Waals surface area contributed by atoms with Gasteiger partial charge in [-0.1, -0.05) is 6.07 Å². The van der Waals surface area contributed by atoms with Crippen molar-refractivity contribution in [2.24, 2.45) is 0 Å². The second kappa shape index (κ2) is 5.40. The number of carbonyl (C=O) groups excluding carboxylic acids is 2. The zero-order valence-electron chi connectivity index (χ0n) is 12.0. The van der Waals surface area contributed by atoms with Crippen LogP contribution in [0.15, 0.2) is 36.4 Å². The summed E-state index contributed by atoms with van der Waals surface area (Å²) in [4.78, 5) is 23.6. The topological polar surface area (TPSA) is 93.5 Å². The standard InChI is InChI=1S/C16H15N3O3/c1-22-15(20)7-9-2-5-12-14(6-9)19-16(21)11-4-3-10(17)8-13(11)18-12/h2-6,8,18H,7,17H2,1H3,(H,19,21). The van der Waals surface area contributed by atoms with Crippen LogP contribution >= 0.6 is 0 Å². The van der Waals surface area contributed by atoms with E-state index in [1.165, 1.54) is 7.11 Å². The maximum absolute atomic E-state index is 12.3. The molecule has 0 aromatic heterocycles. The quantitative estimate of drug-likeness (QED) is 0.584. The first kappa shape index (κ1) is 13.9. The van der Waals surface area contributed by atoms with Gasteiger partial charge in [0, 0.05) is 5.69 Å². The first-order chi connectivity index (χ1) is 10.6. The largest absolute Gasteiger partial charge is 0.469 e. The average molecular weight is 297 g/mol. The van der Waals surface area contributed by atoms with Crippen LogP contribution in [0.1, 0.15) is 15.9 Å². The van der Waals surface area contributed by atoms with E-state index in [4.69, 9.17) is 5.73 Å². The number of methoxy groups -OCH3 is 1. The summed E-state index contributed by atoms with van der Waals surface area (Å²) < 4.78 is 4.65. The smallest absolute Gasteiger partial charge is 0.309 e. The van der Waals surface area contributed by atoms with Crippen molar-refractivity contribution in [3.63, 3.8) is 0 Å². The van der Waals surface area contributed by atoms with E-state index in [2.05, 4.69) is 15.4 Å². The van der Waals surface area contributed by atoms with E-state index < -0.39 is 0 Å². The van der Waals surface area contributed by atoms with Gasteiger partial charge in [-0.2, -0.15) is 0 Å². The number of carbonyl (C=O) groups is 2. The molecule has 0 atom stereocenters. The van der Waals surface area contributed by atoms with Crippen molar-refractivity contribution < 1.29 is 14.3 Å². The minimum absolute atomic E-state index is 0.152. The number of anilines is 4. The Labute approximate surface area is 127 Å². The number of rotatable bonds is 2. The summed E-state index contributed by atoms with van der Waals surface area (Å²) >= 11 is 0. The molecule has 2 aromatic carbocycles. The molecule has 0 fully saturated rings. The lowest BCUT2D eigenvalue weighted by atomic mass is 10.1. The summed E-state index contributed by atoms with van der Waals surface area (Å²) in [5.74, 6) is -0.555. The molecule has 0 bridgehead atoms. The minimum Gasteiger partial charge on any atom is -0.469 e. The highest BCUT2D eigenvalue weighted by atomic mass is 16.5. The van der Waals surface area contributed by atoms with Crippen molar-refractivity contribution in [2.45, 2.75) is 6.42 Å². The van der Waals surface area contributed by atoms with Gasteiger partial charge in [-0.15, -0.1) is 0 Å². The van der Waals surface area contributed by atoms with E-state index in [0.717, 1.165) is 11.3 Å². The Morgan fingerprint density at radius 3 is 2.68 bits per heavy atom. The number of nitrogens with one attached hydrogen (secondary N) is 2. The highest BCUT2D eigenvalue weighted by Crippen LogP contribution is 2.33. The molecule has 0 radical (unpaired) electrons. The Kier molecular flexibility index (Phi) is 3.42. The fourth-order valence-electron chi connectivity index (χ4n) is 2.35. The predicted octanol–water partition coefficient (Wildman–Crippen LogP) is 2.29. The molecule has 1 heterocycles. The first-order valence-electron chi connectivity index (χ1n) is 6.74.